The molecule has 4 heteroatoms. The van der Waals surface area contributed by atoms with Crippen LogP contribution in [0.15, 0.2) is 60.8 Å². The molecule has 0 fully saturated rings. The van der Waals surface area contributed by atoms with Crippen molar-refractivity contribution in [1.82, 2.24) is 5.32 Å². The third-order valence-corrected chi connectivity index (χ3v) is 11.5. The molecule has 0 saturated heterocycles. The molecule has 338 valence electrons. The third-order valence-electron chi connectivity index (χ3n) is 11.5. The Morgan fingerprint density at radius 3 is 1.21 bits per heavy atom. The molecular formula is C54H99NO3. The molecule has 0 spiro atoms. The molecule has 0 aliphatic heterocycles. The summed E-state index contributed by atoms with van der Waals surface area (Å²) in [6.07, 6.45) is 69.6. The van der Waals surface area contributed by atoms with Crippen molar-refractivity contribution in [2.24, 2.45) is 0 Å². The lowest BCUT2D eigenvalue weighted by Gasteiger charge is -2.19. The average molecular weight is 810 g/mol. The number of carbonyl (C=O) groups is 1. The molecule has 0 rings (SSSR count). The second-order valence-corrected chi connectivity index (χ2v) is 17.2. The van der Waals surface area contributed by atoms with E-state index < -0.39 is 12.1 Å². The minimum atomic E-state index is -0.877. The van der Waals surface area contributed by atoms with Gasteiger partial charge >= 0.3 is 0 Å². The Kier molecular flexibility index (Phi) is 47.8. The van der Waals surface area contributed by atoms with Gasteiger partial charge in [-0.15, -0.1) is 0 Å². The van der Waals surface area contributed by atoms with Gasteiger partial charge in [-0.3, -0.25) is 4.79 Å². The SMILES string of the molecule is CC/C=C\C/C=C\C/C=C\CCCCCC(=O)NC(CO)C(O)/C=C/CC/C=C/CCCCCCCCCCCCCCCCCCCCCCCCCCCCC. The summed E-state index contributed by atoms with van der Waals surface area (Å²) in [6.45, 7) is 4.18. The third kappa shape index (κ3) is 45.2. The van der Waals surface area contributed by atoms with E-state index in [0.717, 1.165) is 64.2 Å². The molecule has 0 radical (unpaired) electrons. The van der Waals surface area contributed by atoms with Crippen LogP contribution in [0.4, 0.5) is 0 Å². The van der Waals surface area contributed by atoms with Crippen LogP contribution in [0.25, 0.3) is 0 Å². The topological polar surface area (TPSA) is 69.6 Å². The van der Waals surface area contributed by atoms with E-state index in [0.29, 0.717) is 6.42 Å². The van der Waals surface area contributed by atoms with Gasteiger partial charge in [0.05, 0.1) is 18.8 Å². The maximum absolute atomic E-state index is 12.3. The monoisotopic (exact) mass is 810 g/mol. The van der Waals surface area contributed by atoms with Gasteiger partial charge in [-0.25, -0.2) is 0 Å². The maximum atomic E-state index is 12.3. The average Bonchev–Trinajstić information content (AvgIpc) is 3.23. The number of rotatable bonds is 46. The smallest absolute Gasteiger partial charge is 0.220 e. The zero-order chi connectivity index (χ0) is 42.1. The van der Waals surface area contributed by atoms with Gasteiger partial charge in [-0.1, -0.05) is 248 Å². The minimum absolute atomic E-state index is 0.103. The Hall–Kier alpha value is -1.91. The molecule has 0 aromatic rings. The van der Waals surface area contributed by atoms with E-state index in [-0.39, 0.29) is 12.5 Å². The molecule has 0 aromatic carbocycles. The van der Waals surface area contributed by atoms with Gasteiger partial charge in [-0.2, -0.15) is 0 Å². The van der Waals surface area contributed by atoms with E-state index >= 15 is 0 Å². The standard InChI is InChI=1S/C54H99NO3/c1-3-5-7-9-11-13-15-17-18-19-20-21-22-23-24-25-26-27-28-29-30-31-32-33-34-35-36-38-39-41-43-45-47-49-53(57)52(51-56)55-54(58)50-48-46-44-42-40-37-16-14-12-10-8-6-4-2/h6,8,12,14,37,39-41,47,49,52-53,56-57H,3-5,7,9-11,13,15-36,38,42-46,48,50-51H2,1-2H3,(H,55,58)/b8-6-,14-12-,40-37-,41-39+,49-47+. The number of allylic oxidation sites excluding steroid dienone is 9. The number of carbonyl (C=O) groups excluding carboxylic acids is 1. The van der Waals surface area contributed by atoms with Crippen LogP contribution in [0.5, 0.6) is 0 Å². The lowest BCUT2D eigenvalue weighted by atomic mass is 10.0. The molecule has 3 N–H and O–H groups in total. The molecule has 0 bridgehead atoms. The highest BCUT2D eigenvalue weighted by Crippen LogP contribution is 2.16. The second kappa shape index (κ2) is 49.5. The second-order valence-electron chi connectivity index (χ2n) is 17.2. The summed E-state index contributed by atoms with van der Waals surface area (Å²) in [5.74, 6) is -0.103. The van der Waals surface area contributed by atoms with Gasteiger partial charge in [0.2, 0.25) is 5.91 Å². The Labute approximate surface area is 362 Å². The summed E-state index contributed by atoms with van der Waals surface area (Å²) in [6, 6.07) is -0.656. The summed E-state index contributed by atoms with van der Waals surface area (Å²) in [7, 11) is 0. The first-order valence-corrected chi connectivity index (χ1v) is 25.5. The van der Waals surface area contributed by atoms with Crippen LogP contribution in [0.1, 0.15) is 258 Å². The molecule has 0 aromatic heterocycles. The van der Waals surface area contributed by atoms with Crippen LogP contribution in [0.2, 0.25) is 0 Å². The fraction of sp³-hybridized carbons (Fsp3) is 0.796. The summed E-state index contributed by atoms with van der Waals surface area (Å²) in [5, 5.41) is 23.0. The van der Waals surface area contributed by atoms with Crippen LogP contribution in [-0.2, 0) is 4.79 Å². The zero-order valence-corrected chi connectivity index (χ0v) is 38.8. The summed E-state index contributed by atoms with van der Waals surface area (Å²) >= 11 is 0. The predicted molar refractivity (Wildman–Crippen MR) is 258 cm³/mol. The Morgan fingerprint density at radius 1 is 0.431 bits per heavy atom. The fourth-order valence-corrected chi connectivity index (χ4v) is 7.62. The molecular weight excluding hydrogens is 711 g/mol. The van der Waals surface area contributed by atoms with Crippen molar-refractivity contribution in [3.63, 3.8) is 0 Å². The van der Waals surface area contributed by atoms with Crippen LogP contribution in [0, 0.1) is 0 Å². The van der Waals surface area contributed by atoms with Gasteiger partial charge < -0.3 is 15.5 Å². The van der Waals surface area contributed by atoms with Gasteiger partial charge in [0.15, 0.2) is 0 Å². The van der Waals surface area contributed by atoms with Crippen molar-refractivity contribution in [3.05, 3.63) is 60.8 Å². The Balaban J connectivity index is 3.50. The minimum Gasteiger partial charge on any atom is -0.394 e. The van der Waals surface area contributed by atoms with E-state index in [1.165, 1.54) is 173 Å². The van der Waals surface area contributed by atoms with Crippen molar-refractivity contribution in [3.8, 4) is 0 Å². The van der Waals surface area contributed by atoms with Gasteiger partial charge in [0.25, 0.3) is 0 Å². The lowest BCUT2D eigenvalue weighted by Crippen LogP contribution is -2.45. The van der Waals surface area contributed by atoms with E-state index in [1.54, 1.807) is 6.08 Å². The number of amides is 1. The summed E-state index contributed by atoms with van der Waals surface area (Å²) < 4.78 is 0. The number of hydrogen-bond acceptors (Lipinski definition) is 3. The molecule has 0 aliphatic carbocycles. The molecule has 58 heavy (non-hydrogen) atoms. The normalized spacial score (nSPS) is 13.4. The largest absolute Gasteiger partial charge is 0.394 e. The highest BCUT2D eigenvalue weighted by molar-refractivity contribution is 5.76. The van der Waals surface area contributed by atoms with Gasteiger partial charge in [-0.05, 0) is 64.2 Å². The highest BCUT2D eigenvalue weighted by atomic mass is 16.3. The van der Waals surface area contributed by atoms with Crippen LogP contribution in [0.3, 0.4) is 0 Å². The first kappa shape index (κ1) is 56.1. The van der Waals surface area contributed by atoms with Crippen molar-refractivity contribution in [2.75, 3.05) is 6.61 Å². The first-order valence-electron chi connectivity index (χ1n) is 25.5. The van der Waals surface area contributed by atoms with Crippen LogP contribution in [-0.4, -0.2) is 34.9 Å². The van der Waals surface area contributed by atoms with Crippen molar-refractivity contribution < 1.29 is 15.0 Å². The highest BCUT2D eigenvalue weighted by Gasteiger charge is 2.17. The Bertz CT molecular complexity index is 965. The summed E-state index contributed by atoms with van der Waals surface area (Å²) in [5.41, 5.74) is 0. The molecule has 2 atom stereocenters. The zero-order valence-electron chi connectivity index (χ0n) is 38.8. The maximum Gasteiger partial charge on any atom is 0.220 e. The van der Waals surface area contributed by atoms with E-state index in [1.807, 2.05) is 6.08 Å². The quantitative estimate of drug-likeness (QED) is 0.0424. The summed E-state index contributed by atoms with van der Waals surface area (Å²) in [4.78, 5) is 12.3. The van der Waals surface area contributed by atoms with Crippen LogP contribution >= 0.6 is 0 Å². The van der Waals surface area contributed by atoms with Crippen molar-refractivity contribution >= 4 is 5.91 Å². The number of nitrogens with one attached hydrogen (secondary N) is 1. The number of hydrogen-bond donors (Lipinski definition) is 3. The van der Waals surface area contributed by atoms with Crippen LogP contribution < -0.4 is 5.32 Å². The van der Waals surface area contributed by atoms with E-state index in [4.69, 9.17) is 0 Å². The molecule has 4 nitrogen and oxygen atoms in total. The fourth-order valence-electron chi connectivity index (χ4n) is 7.62. The van der Waals surface area contributed by atoms with Gasteiger partial charge in [0, 0.05) is 6.42 Å². The van der Waals surface area contributed by atoms with Gasteiger partial charge in [0.1, 0.15) is 0 Å². The predicted octanol–water partition coefficient (Wildman–Crippen LogP) is 16.5. The molecule has 2 unspecified atom stereocenters. The van der Waals surface area contributed by atoms with E-state index in [9.17, 15) is 15.0 Å². The Morgan fingerprint density at radius 2 is 0.776 bits per heavy atom. The number of aliphatic hydroxyl groups is 2. The van der Waals surface area contributed by atoms with Crippen molar-refractivity contribution in [2.45, 2.75) is 270 Å². The number of unbranched alkanes of at least 4 members (excludes halogenated alkanes) is 31. The molecule has 0 heterocycles. The number of aliphatic hydroxyl groups excluding tert-OH is 2. The lowest BCUT2D eigenvalue weighted by molar-refractivity contribution is -0.123. The molecule has 0 saturated carbocycles. The van der Waals surface area contributed by atoms with E-state index in [2.05, 4.69) is 67.8 Å². The molecule has 1 amide bonds. The first-order chi connectivity index (χ1) is 28.7. The molecule has 0 aliphatic rings. The van der Waals surface area contributed by atoms with Crippen molar-refractivity contribution in [1.29, 1.82) is 0 Å².